The molecule has 0 radical (unpaired) electrons. The van der Waals surface area contributed by atoms with E-state index in [4.69, 9.17) is 0 Å². The van der Waals surface area contributed by atoms with Crippen molar-refractivity contribution in [1.82, 2.24) is 9.29 Å². The second kappa shape index (κ2) is 8.69. The molecule has 2 aromatic carbocycles. The Labute approximate surface area is 174 Å². The second-order valence-electron chi connectivity index (χ2n) is 6.37. The van der Waals surface area contributed by atoms with Crippen LogP contribution in [0, 0.1) is 6.92 Å². The first-order chi connectivity index (χ1) is 13.8. The van der Waals surface area contributed by atoms with Crippen molar-refractivity contribution in [1.29, 1.82) is 0 Å². The number of anilines is 1. The maximum Gasteiger partial charge on any atom is 0.257 e. The van der Waals surface area contributed by atoms with Gasteiger partial charge < -0.3 is 0 Å². The van der Waals surface area contributed by atoms with E-state index in [9.17, 15) is 13.2 Å². The molecule has 0 spiro atoms. The lowest BCUT2D eigenvalue weighted by molar-refractivity contribution is 0.102. The van der Waals surface area contributed by atoms with Gasteiger partial charge in [-0.2, -0.15) is 4.31 Å². The maximum absolute atomic E-state index is 12.7. The number of hydrogen-bond donors (Lipinski definition) is 1. The molecule has 0 atom stereocenters. The molecule has 1 aromatic heterocycles. The number of sulfonamides is 1. The summed E-state index contributed by atoms with van der Waals surface area (Å²) in [6.45, 7) is 9.53. The van der Waals surface area contributed by atoms with Crippen LogP contribution in [0.4, 0.5) is 5.13 Å². The molecule has 0 aliphatic heterocycles. The standard InChI is InChI=1S/C21H21N3O3S2/c1-4-12-24(13-5-2)29(26,27)17-9-7-16(8-10-17)20(25)23-21-22-18-11-6-15(3)14-19(18)28-21/h4-11,14H,1-2,12-13H2,3H3,(H,22,23,25). The Kier molecular flexibility index (Phi) is 6.26. The highest BCUT2D eigenvalue weighted by Crippen LogP contribution is 2.27. The molecular formula is C21H21N3O3S2. The molecule has 1 N–H and O–H groups in total. The summed E-state index contributed by atoms with van der Waals surface area (Å²) in [5, 5.41) is 3.27. The third-order valence-electron chi connectivity index (χ3n) is 4.18. The third kappa shape index (κ3) is 4.61. The Morgan fingerprint density at radius 3 is 2.41 bits per heavy atom. The fourth-order valence-corrected chi connectivity index (χ4v) is 5.08. The Bertz CT molecular complexity index is 1160. The first kappa shape index (κ1) is 20.9. The predicted molar refractivity (Wildman–Crippen MR) is 118 cm³/mol. The molecule has 0 aliphatic carbocycles. The number of carbonyl (C=O) groups is 1. The average molecular weight is 428 g/mol. The normalized spacial score (nSPS) is 11.5. The summed E-state index contributed by atoms with van der Waals surface area (Å²) in [4.78, 5) is 17.0. The topological polar surface area (TPSA) is 79.4 Å². The molecule has 0 aliphatic rings. The van der Waals surface area contributed by atoms with Crippen LogP contribution < -0.4 is 5.32 Å². The van der Waals surface area contributed by atoms with Crippen molar-refractivity contribution < 1.29 is 13.2 Å². The quantitative estimate of drug-likeness (QED) is 0.546. The molecule has 0 saturated carbocycles. The first-order valence-electron chi connectivity index (χ1n) is 8.85. The van der Waals surface area contributed by atoms with Crippen LogP contribution in [0.3, 0.4) is 0 Å². The van der Waals surface area contributed by atoms with Crippen molar-refractivity contribution in [3.63, 3.8) is 0 Å². The van der Waals surface area contributed by atoms with Crippen LogP contribution in [0.15, 0.2) is 72.7 Å². The van der Waals surface area contributed by atoms with E-state index in [-0.39, 0.29) is 23.9 Å². The third-order valence-corrected chi connectivity index (χ3v) is 6.96. The second-order valence-corrected chi connectivity index (χ2v) is 9.34. The molecule has 3 aromatic rings. The number of nitrogens with one attached hydrogen (secondary N) is 1. The minimum Gasteiger partial charge on any atom is -0.298 e. The van der Waals surface area contributed by atoms with Crippen molar-refractivity contribution >= 4 is 42.6 Å². The van der Waals surface area contributed by atoms with Gasteiger partial charge in [-0.15, -0.1) is 13.2 Å². The zero-order chi connectivity index (χ0) is 21.0. The number of thiazole rings is 1. The molecule has 150 valence electrons. The zero-order valence-electron chi connectivity index (χ0n) is 16.0. The highest BCUT2D eigenvalue weighted by atomic mass is 32.2. The van der Waals surface area contributed by atoms with E-state index in [0.717, 1.165) is 15.8 Å². The van der Waals surface area contributed by atoms with Crippen LogP contribution in [0.25, 0.3) is 10.2 Å². The Morgan fingerprint density at radius 2 is 1.79 bits per heavy atom. The highest BCUT2D eigenvalue weighted by molar-refractivity contribution is 7.89. The highest BCUT2D eigenvalue weighted by Gasteiger charge is 2.22. The maximum atomic E-state index is 12.7. The SMILES string of the molecule is C=CCN(CC=C)S(=O)(=O)c1ccc(C(=O)Nc2nc3ccc(C)cc3s2)cc1. The first-order valence-corrected chi connectivity index (χ1v) is 11.1. The summed E-state index contributed by atoms with van der Waals surface area (Å²) < 4.78 is 27.7. The number of hydrogen-bond acceptors (Lipinski definition) is 5. The molecule has 0 bridgehead atoms. The largest absolute Gasteiger partial charge is 0.298 e. The number of rotatable bonds is 8. The van der Waals surface area contributed by atoms with Crippen molar-refractivity contribution in [3.8, 4) is 0 Å². The van der Waals surface area contributed by atoms with E-state index in [0.29, 0.717) is 10.7 Å². The van der Waals surface area contributed by atoms with Gasteiger partial charge in [-0.3, -0.25) is 10.1 Å². The van der Waals surface area contributed by atoms with Gasteiger partial charge in [0.25, 0.3) is 5.91 Å². The number of fused-ring (bicyclic) bond motifs is 1. The fraction of sp³-hybridized carbons (Fsp3) is 0.143. The van der Waals surface area contributed by atoms with Gasteiger partial charge in [0.05, 0.1) is 15.1 Å². The molecule has 0 unspecified atom stereocenters. The van der Waals surface area contributed by atoms with E-state index >= 15 is 0 Å². The van der Waals surface area contributed by atoms with Gasteiger partial charge in [-0.25, -0.2) is 13.4 Å². The van der Waals surface area contributed by atoms with E-state index in [1.165, 1.54) is 52.1 Å². The van der Waals surface area contributed by atoms with Crippen molar-refractivity contribution in [2.24, 2.45) is 0 Å². The molecule has 0 saturated heterocycles. The minimum absolute atomic E-state index is 0.105. The van der Waals surface area contributed by atoms with Crippen LogP contribution >= 0.6 is 11.3 Å². The number of amides is 1. The molecule has 1 heterocycles. The van der Waals surface area contributed by atoms with E-state index in [2.05, 4.69) is 23.5 Å². The number of benzene rings is 2. The van der Waals surface area contributed by atoms with Crippen LogP contribution in [0.2, 0.25) is 0 Å². The molecular weight excluding hydrogens is 406 g/mol. The van der Waals surface area contributed by atoms with Gasteiger partial charge in [0, 0.05) is 18.7 Å². The summed E-state index contributed by atoms with van der Waals surface area (Å²) in [7, 11) is -3.70. The fourth-order valence-electron chi connectivity index (χ4n) is 2.74. The smallest absolute Gasteiger partial charge is 0.257 e. The summed E-state index contributed by atoms with van der Waals surface area (Å²) in [5.41, 5.74) is 2.29. The van der Waals surface area contributed by atoms with Gasteiger partial charge in [-0.1, -0.05) is 29.6 Å². The van der Waals surface area contributed by atoms with Crippen LogP contribution in [0.5, 0.6) is 0 Å². The van der Waals surface area contributed by atoms with E-state index in [1.54, 1.807) is 0 Å². The number of carbonyl (C=O) groups excluding carboxylic acids is 1. The number of aryl methyl sites for hydroxylation is 1. The summed E-state index contributed by atoms with van der Waals surface area (Å²) in [6, 6.07) is 11.7. The van der Waals surface area contributed by atoms with Crippen molar-refractivity contribution in [2.75, 3.05) is 18.4 Å². The lowest BCUT2D eigenvalue weighted by Crippen LogP contribution is -2.31. The monoisotopic (exact) mass is 427 g/mol. The van der Waals surface area contributed by atoms with Crippen LogP contribution in [0.1, 0.15) is 15.9 Å². The molecule has 3 rings (SSSR count). The van der Waals surface area contributed by atoms with Crippen LogP contribution in [-0.2, 0) is 10.0 Å². The van der Waals surface area contributed by atoms with Crippen LogP contribution in [-0.4, -0.2) is 36.7 Å². The van der Waals surface area contributed by atoms with Gasteiger partial charge in [-0.05, 0) is 48.9 Å². The molecule has 1 amide bonds. The van der Waals surface area contributed by atoms with Gasteiger partial charge in [0.1, 0.15) is 0 Å². The average Bonchev–Trinajstić information content (AvgIpc) is 3.09. The Morgan fingerprint density at radius 1 is 1.14 bits per heavy atom. The number of aromatic nitrogens is 1. The molecule has 0 fully saturated rings. The van der Waals surface area contributed by atoms with Gasteiger partial charge in [0.15, 0.2) is 5.13 Å². The predicted octanol–water partition coefficient (Wildman–Crippen LogP) is 4.22. The Balaban J connectivity index is 1.78. The van der Waals surface area contributed by atoms with Gasteiger partial charge in [0.2, 0.25) is 10.0 Å². The molecule has 6 nitrogen and oxygen atoms in total. The van der Waals surface area contributed by atoms with E-state index in [1.807, 2.05) is 25.1 Å². The minimum atomic E-state index is -3.70. The number of nitrogens with zero attached hydrogens (tertiary/aromatic N) is 2. The summed E-state index contributed by atoms with van der Waals surface area (Å²) in [5.74, 6) is -0.348. The van der Waals surface area contributed by atoms with Crippen molar-refractivity contribution in [2.45, 2.75) is 11.8 Å². The zero-order valence-corrected chi connectivity index (χ0v) is 17.6. The summed E-state index contributed by atoms with van der Waals surface area (Å²) >= 11 is 1.39. The Hall–Kier alpha value is -2.81. The summed E-state index contributed by atoms with van der Waals surface area (Å²) in [6.07, 6.45) is 3.03. The lowest BCUT2D eigenvalue weighted by atomic mass is 10.2. The van der Waals surface area contributed by atoms with E-state index < -0.39 is 10.0 Å². The van der Waals surface area contributed by atoms with Crippen molar-refractivity contribution in [3.05, 3.63) is 78.9 Å². The molecule has 8 heteroatoms. The lowest BCUT2D eigenvalue weighted by Gasteiger charge is -2.19. The van der Waals surface area contributed by atoms with Gasteiger partial charge >= 0.3 is 0 Å². The molecule has 29 heavy (non-hydrogen) atoms.